The molecule has 3 heteroatoms. The molecule has 1 amide bonds. The second-order valence-electron chi connectivity index (χ2n) is 5.67. The minimum absolute atomic E-state index is 0.109. The minimum Gasteiger partial charge on any atom is -0.381 e. The van der Waals surface area contributed by atoms with Gasteiger partial charge in [-0.2, -0.15) is 0 Å². The van der Waals surface area contributed by atoms with Gasteiger partial charge in [0.2, 0.25) is 5.91 Å². The molecule has 21 heavy (non-hydrogen) atoms. The predicted octanol–water partition coefficient (Wildman–Crippen LogP) is 3.99. The fraction of sp³-hybridized carbons (Fsp3) is 0.389. The summed E-state index contributed by atoms with van der Waals surface area (Å²) < 4.78 is 5.35. The third-order valence-corrected chi connectivity index (χ3v) is 4.18. The molecule has 0 atom stereocenters. The topological polar surface area (TPSA) is 38.3 Å². The van der Waals surface area contributed by atoms with E-state index in [1.54, 1.807) is 0 Å². The number of amides is 1. The van der Waals surface area contributed by atoms with Crippen molar-refractivity contribution in [1.29, 1.82) is 0 Å². The monoisotopic (exact) mass is 283 g/mol. The lowest BCUT2D eigenvalue weighted by Gasteiger charge is -2.21. The molecule has 2 aromatic rings. The van der Waals surface area contributed by atoms with Gasteiger partial charge in [-0.1, -0.05) is 36.4 Å². The Labute approximate surface area is 125 Å². The Morgan fingerprint density at radius 1 is 1.10 bits per heavy atom. The summed E-state index contributed by atoms with van der Waals surface area (Å²) in [5.74, 6) is 0.745. The molecule has 2 aromatic carbocycles. The highest BCUT2D eigenvalue weighted by atomic mass is 16.5. The number of nitrogens with one attached hydrogen (secondary N) is 1. The molecule has 0 spiro atoms. The van der Waals surface area contributed by atoms with Crippen LogP contribution in [-0.2, 0) is 9.53 Å². The molecule has 0 bridgehead atoms. The van der Waals surface area contributed by atoms with Crippen molar-refractivity contribution in [1.82, 2.24) is 0 Å². The largest absolute Gasteiger partial charge is 0.381 e. The van der Waals surface area contributed by atoms with Gasteiger partial charge in [0, 0.05) is 30.7 Å². The first-order valence-electron chi connectivity index (χ1n) is 7.68. The third kappa shape index (κ3) is 3.61. The second kappa shape index (κ2) is 6.72. The first kappa shape index (κ1) is 14.1. The van der Waals surface area contributed by atoms with Crippen LogP contribution in [-0.4, -0.2) is 19.1 Å². The van der Waals surface area contributed by atoms with Crippen LogP contribution in [0, 0.1) is 5.92 Å². The van der Waals surface area contributed by atoms with Gasteiger partial charge in [-0.05, 0) is 36.6 Å². The predicted molar refractivity (Wildman–Crippen MR) is 85.4 cm³/mol. The first-order valence-corrected chi connectivity index (χ1v) is 7.68. The SMILES string of the molecule is O=C(CCC1CCOCC1)Nc1cccc2ccccc12. The summed E-state index contributed by atoms with van der Waals surface area (Å²) in [5, 5.41) is 5.30. The molecular formula is C18H21NO2. The van der Waals surface area contributed by atoms with E-state index in [9.17, 15) is 4.79 Å². The van der Waals surface area contributed by atoms with Crippen molar-refractivity contribution in [2.45, 2.75) is 25.7 Å². The third-order valence-electron chi connectivity index (χ3n) is 4.18. The normalized spacial score (nSPS) is 16.0. The average Bonchev–Trinajstić information content (AvgIpc) is 2.54. The van der Waals surface area contributed by atoms with Gasteiger partial charge >= 0.3 is 0 Å². The Balaban J connectivity index is 1.61. The van der Waals surface area contributed by atoms with Crippen molar-refractivity contribution < 1.29 is 9.53 Å². The van der Waals surface area contributed by atoms with Gasteiger partial charge in [0.25, 0.3) is 0 Å². The Hall–Kier alpha value is -1.87. The summed E-state index contributed by atoms with van der Waals surface area (Å²) >= 11 is 0. The lowest BCUT2D eigenvalue weighted by Crippen LogP contribution is -2.18. The molecule has 1 fully saturated rings. The highest BCUT2D eigenvalue weighted by Gasteiger charge is 2.15. The van der Waals surface area contributed by atoms with E-state index in [0.29, 0.717) is 12.3 Å². The number of ether oxygens (including phenoxy) is 1. The summed E-state index contributed by atoms with van der Waals surface area (Å²) in [7, 11) is 0. The summed E-state index contributed by atoms with van der Waals surface area (Å²) in [4.78, 5) is 12.2. The van der Waals surface area contributed by atoms with E-state index in [1.165, 1.54) is 0 Å². The molecule has 0 radical (unpaired) electrons. The van der Waals surface area contributed by atoms with Gasteiger partial charge < -0.3 is 10.1 Å². The summed E-state index contributed by atoms with van der Waals surface area (Å²) in [5.41, 5.74) is 0.907. The number of rotatable bonds is 4. The van der Waals surface area contributed by atoms with Crippen LogP contribution in [0.25, 0.3) is 10.8 Å². The van der Waals surface area contributed by atoms with Crippen molar-refractivity contribution in [3.05, 3.63) is 42.5 Å². The van der Waals surface area contributed by atoms with Crippen LogP contribution in [0.5, 0.6) is 0 Å². The molecular weight excluding hydrogens is 262 g/mol. The van der Waals surface area contributed by atoms with Crippen molar-refractivity contribution in [3.63, 3.8) is 0 Å². The zero-order valence-corrected chi connectivity index (χ0v) is 12.2. The van der Waals surface area contributed by atoms with Crippen LogP contribution in [0.1, 0.15) is 25.7 Å². The molecule has 0 aromatic heterocycles. The molecule has 1 saturated heterocycles. The maximum absolute atomic E-state index is 12.2. The van der Waals surface area contributed by atoms with Gasteiger partial charge in [-0.15, -0.1) is 0 Å². The lowest BCUT2D eigenvalue weighted by molar-refractivity contribution is -0.116. The lowest BCUT2D eigenvalue weighted by atomic mass is 9.95. The number of anilines is 1. The highest BCUT2D eigenvalue weighted by molar-refractivity contribution is 6.02. The molecule has 0 aliphatic carbocycles. The fourth-order valence-corrected chi connectivity index (χ4v) is 2.92. The molecule has 3 rings (SSSR count). The van der Waals surface area contributed by atoms with Gasteiger partial charge in [-0.25, -0.2) is 0 Å². The van der Waals surface area contributed by atoms with Crippen molar-refractivity contribution in [2.75, 3.05) is 18.5 Å². The average molecular weight is 283 g/mol. The molecule has 0 unspecified atom stereocenters. The van der Waals surface area contributed by atoms with E-state index in [-0.39, 0.29) is 5.91 Å². The molecule has 1 heterocycles. The van der Waals surface area contributed by atoms with E-state index in [1.807, 2.05) is 30.3 Å². The van der Waals surface area contributed by atoms with Crippen LogP contribution in [0.4, 0.5) is 5.69 Å². The maximum Gasteiger partial charge on any atom is 0.224 e. The van der Waals surface area contributed by atoms with Crippen molar-refractivity contribution in [2.24, 2.45) is 5.92 Å². The molecule has 1 aliphatic rings. The van der Waals surface area contributed by atoms with E-state index in [0.717, 1.165) is 48.9 Å². The first-order chi connectivity index (χ1) is 10.3. The Kier molecular flexibility index (Phi) is 4.51. The molecule has 1 N–H and O–H groups in total. The van der Waals surface area contributed by atoms with Crippen LogP contribution in [0.2, 0.25) is 0 Å². The van der Waals surface area contributed by atoms with E-state index < -0.39 is 0 Å². The second-order valence-corrected chi connectivity index (χ2v) is 5.67. The Bertz CT molecular complexity index is 612. The quantitative estimate of drug-likeness (QED) is 0.921. The van der Waals surface area contributed by atoms with Crippen LogP contribution in [0.15, 0.2) is 42.5 Å². The number of hydrogen-bond donors (Lipinski definition) is 1. The molecule has 110 valence electrons. The van der Waals surface area contributed by atoms with E-state index >= 15 is 0 Å². The summed E-state index contributed by atoms with van der Waals surface area (Å²) in [6.07, 6.45) is 3.72. The number of fused-ring (bicyclic) bond motifs is 1. The number of carbonyl (C=O) groups is 1. The van der Waals surface area contributed by atoms with Crippen LogP contribution >= 0.6 is 0 Å². The Morgan fingerprint density at radius 2 is 1.86 bits per heavy atom. The number of hydrogen-bond acceptors (Lipinski definition) is 2. The standard InChI is InChI=1S/C18H21NO2/c20-18(9-8-14-10-12-21-13-11-14)19-17-7-3-5-15-4-1-2-6-16(15)17/h1-7,14H,8-13H2,(H,19,20). The smallest absolute Gasteiger partial charge is 0.224 e. The van der Waals surface area contributed by atoms with Crippen LogP contribution in [0.3, 0.4) is 0 Å². The number of benzene rings is 2. The summed E-state index contributed by atoms with van der Waals surface area (Å²) in [6.45, 7) is 1.69. The molecule has 0 saturated carbocycles. The number of carbonyl (C=O) groups excluding carboxylic acids is 1. The van der Waals surface area contributed by atoms with Gasteiger partial charge in [0.15, 0.2) is 0 Å². The van der Waals surface area contributed by atoms with Crippen molar-refractivity contribution in [3.8, 4) is 0 Å². The van der Waals surface area contributed by atoms with Gasteiger partial charge in [0.1, 0.15) is 0 Å². The van der Waals surface area contributed by atoms with Crippen molar-refractivity contribution >= 4 is 22.4 Å². The van der Waals surface area contributed by atoms with E-state index in [4.69, 9.17) is 4.74 Å². The highest BCUT2D eigenvalue weighted by Crippen LogP contribution is 2.24. The van der Waals surface area contributed by atoms with Crippen LogP contribution < -0.4 is 5.32 Å². The Morgan fingerprint density at radius 3 is 2.71 bits per heavy atom. The minimum atomic E-state index is 0.109. The fourth-order valence-electron chi connectivity index (χ4n) is 2.92. The summed E-state index contributed by atoms with van der Waals surface area (Å²) in [6, 6.07) is 14.1. The van der Waals surface area contributed by atoms with Gasteiger partial charge in [-0.3, -0.25) is 4.79 Å². The molecule has 1 aliphatic heterocycles. The zero-order chi connectivity index (χ0) is 14.5. The maximum atomic E-state index is 12.2. The molecule has 3 nitrogen and oxygen atoms in total. The van der Waals surface area contributed by atoms with E-state index in [2.05, 4.69) is 17.4 Å². The zero-order valence-electron chi connectivity index (χ0n) is 12.2. The van der Waals surface area contributed by atoms with Gasteiger partial charge in [0.05, 0.1) is 0 Å².